The highest BCUT2D eigenvalue weighted by Gasteiger charge is 2.07. The van der Waals surface area contributed by atoms with Crippen molar-refractivity contribution in [2.24, 2.45) is 0 Å². The van der Waals surface area contributed by atoms with E-state index in [-0.39, 0.29) is 5.56 Å². The molecule has 0 bridgehead atoms. The molecule has 0 saturated heterocycles. The van der Waals surface area contributed by atoms with E-state index in [1.54, 1.807) is 4.68 Å². The summed E-state index contributed by atoms with van der Waals surface area (Å²) in [5, 5.41) is 12.8. The van der Waals surface area contributed by atoms with Crippen LogP contribution < -0.4 is 0 Å². The van der Waals surface area contributed by atoms with E-state index >= 15 is 0 Å². The van der Waals surface area contributed by atoms with Gasteiger partial charge in [-0.3, -0.25) is 0 Å². The summed E-state index contributed by atoms with van der Waals surface area (Å²) >= 11 is 0. The van der Waals surface area contributed by atoms with Gasteiger partial charge < -0.3 is 5.11 Å². The van der Waals surface area contributed by atoms with Gasteiger partial charge in [-0.1, -0.05) is 26.0 Å². The number of carboxylic acids is 1. The smallest absolute Gasteiger partial charge is 0.338 e. The van der Waals surface area contributed by atoms with Crippen LogP contribution in [0.2, 0.25) is 0 Å². The van der Waals surface area contributed by atoms with Gasteiger partial charge in [0.05, 0.1) is 17.4 Å². The summed E-state index contributed by atoms with van der Waals surface area (Å²) in [4.78, 5) is 10.7. The molecule has 1 N–H and O–H groups in total. The summed E-state index contributed by atoms with van der Waals surface area (Å²) < 4.78 is 1.56. The molecule has 0 radical (unpaired) electrons. The topological polar surface area (TPSA) is 55.1 Å². The molecule has 2 aromatic rings. The van der Waals surface area contributed by atoms with Crippen molar-refractivity contribution in [2.75, 3.05) is 0 Å². The Balaban J connectivity index is 2.30. The summed E-state index contributed by atoms with van der Waals surface area (Å²) in [6.45, 7) is 4.26. The van der Waals surface area contributed by atoms with Crippen LogP contribution in [0.25, 0.3) is 5.69 Å². The second-order valence-corrected chi connectivity index (χ2v) is 4.22. The first-order valence-electron chi connectivity index (χ1n) is 5.46. The largest absolute Gasteiger partial charge is 0.478 e. The maximum atomic E-state index is 10.7. The Hall–Kier alpha value is -2.10. The SMILES string of the molecule is CC(C)c1ccc(-n2cc(C(=O)O)cn2)cc1. The molecule has 17 heavy (non-hydrogen) atoms. The van der Waals surface area contributed by atoms with E-state index in [2.05, 4.69) is 18.9 Å². The highest BCUT2D eigenvalue weighted by Crippen LogP contribution is 2.16. The van der Waals surface area contributed by atoms with Gasteiger partial charge in [0.2, 0.25) is 0 Å². The lowest BCUT2D eigenvalue weighted by atomic mass is 10.0. The first-order valence-corrected chi connectivity index (χ1v) is 5.46. The lowest BCUT2D eigenvalue weighted by molar-refractivity contribution is 0.0697. The summed E-state index contributed by atoms with van der Waals surface area (Å²) in [6.07, 6.45) is 2.85. The first kappa shape index (κ1) is 11.4. The Morgan fingerprint density at radius 3 is 2.41 bits per heavy atom. The van der Waals surface area contributed by atoms with Crippen LogP contribution in [0, 0.1) is 0 Å². The molecule has 88 valence electrons. The van der Waals surface area contributed by atoms with Gasteiger partial charge in [-0.05, 0) is 23.6 Å². The molecule has 4 heteroatoms. The molecular formula is C13H14N2O2. The number of nitrogens with zero attached hydrogens (tertiary/aromatic N) is 2. The summed E-state index contributed by atoms with van der Waals surface area (Å²) in [7, 11) is 0. The average molecular weight is 230 g/mol. The van der Waals surface area contributed by atoms with Gasteiger partial charge in [0.15, 0.2) is 0 Å². The molecular weight excluding hydrogens is 216 g/mol. The highest BCUT2D eigenvalue weighted by molar-refractivity contribution is 5.86. The lowest BCUT2D eigenvalue weighted by Gasteiger charge is -2.06. The van der Waals surface area contributed by atoms with Gasteiger partial charge in [-0.25, -0.2) is 9.48 Å². The number of hydrogen-bond donors (Lipinski definition) is 1. The predicted molar refractivity (Wildman–Crippen MR) is 64.6 cm³/mol. The molecule has 1 heterocycles. The number of aromatic carboxylic acids is 1. The van der Waals surface area contributed by atoms with Gasteiger partial charge >= 0.3 is 5.97 Å². The third kappa shape index (κ3) is 2.36. The molecule has 4 nitrogen and oxygen atoms in total. The Morgan fingerprint density at radius 2 is 1.94 bits per heavy atom. The number of hydrogen-bond acceptors (Lipinski definition) is 2. The molecule has 1 aromatic carbocycles. The number of aromatic nitrogens is 2. The zero-order valence-electron chi connectivity index (χ0n) is 9.79. The van der Waals surface area contributed by atoms with Crippen molar-refractivity contribution in [1.82, 2.24) is 9.78 Å². The van der Waals surface area contributed by atoms with E-state index in [9.17, 15) is 4.79 Å². The van der Waals surface area contributed by atoms with E-state index in [1.165, 1.54) is 18.0 Å². The molecule has 0 aliphatic heterocycles. The summed E-state index contributed by atoms with van der Waals surface area (Å²) in [6, 6.07) is 7.94. The molecule has 0 aliphatic carbocycles. The van der Waals surface area contributed by atoms with Crippen LogP contribution in [0.5, 0.6) is 0 Å². The summed E-state index contributed by atoms with van der Waals surface area (Å²) in [5.74, 6) is -0.480. The number of carboxylic acid groups (broad SMARTS) is 1. The maximum Gasteiger partial charge on any atom is 0.338 e. The molecule has 0 fully saturated rings. The van der Waals surface area contributed by atoms with E-state index in [1.807, 2.05) is 24.3 Å². The molecule has 0 aliphatic rings. The van der Waals surface area contributed by atoms with Gasteiger partial charge in [0, 0.05) is 6.20 Å². The monoisotopic (exact) mass is 230 g/mol. The fraction of sp³-hybridized carbons (Fsp3) is 0.231. The normalized spacial score (nSPS) is 10.8. The third-order valence-corrected chi connectivity index (χ3v) is 2.65. The Bertz CT molecular complexity index is 527. The van der Waals surface area contributed by atoms with Crippen LogP contribution in [0.3, 0.4) is 0 Å². The van der Waals surface area contributed by atoms with Crippen LogP contribution in [0.1, 0.15) is 35.7 Å². The van der Waals surface area contributed by atoms with E-state index in [4.69, 9.17) is 5.11 Å². The number of carbonyl (C=O) groups is 1. The van der Waals surface area contributed by atoms with E-state index < -0.39 is 5.97 Å². The molecule has 1 aromatic heterocycles. The third-order valence-electron chi connectivity index (χ3n) is 2.65. The van der Waals surface area contributed by atoms with Gasteiger partial charge in [-0.15, -0.1) is 0 Å². The molecule has 0 saturated carbocycles. The van der Waals surface area contributed by atoms with Crippen LogP contribution >= 0.6 is 0 Å². The van der Waals surface area contributed by atoms with Crippen molar-refractivity contribution in [3.8, 4) is 5.69 Å². The van der Waals surface area contributed by atoms with Crippen LogP contribution in [-0.4, -0.2) is 20.9 Å². The second kappa shape index (κ2) is 4.41. The quantitative estimate of drug-likeness (QED) is 0.882. The van der Waals surface area contributed by atoms with Crippen molar-refractivity contribution in [2.45, 2.75) is 19.8 Å². The Kier molecular flexibility index (Phi) is 2.95. The van der Waals surface area contributed by atoms with Crippen LogP contribution in [0.4, 0.5) is 0 Å². The minimum atomic E-state index is -0.963. The van der Waals surface area contributed by atoms with E-state index in [0.29, 0.717) is 5.92 Å². The maximum absolute atomic E-state index is 10.7. The molecule has 0 spiro atoms. The zero-order chi connectivity index (χ0) is 12.4. The first-order chi connectivity index (χ1) is 8.08. The average Bonchev–Trinajstić information content (AvgIpc) is 2.78. The van der Waals surface area contributed by atoms with Crippen molar-refractivity contribution in [3.05, 3.63) is 47.8 Å². The van der Waals surface area contributed by atoms with Gasteiger partial charge in [0.1, 0.15) is 0 Å². The van der Waals surface area contributed by atoms with Gasteiger partial charge in [-0.2, -0.15) is 5.10 Å². The molecule has 0 atom stereocenters. The van der Waals surface area contributed by atoms with Crippen molar-refractivity contribution in [1.29, 1.82) is 0 Å². The van der Waals surface area contributed by atoms with Crippen molar-refractivity contribution >= 4 is 5.97 Å². The lowest BCUT2D eigenvalue weighted by Crippen LogP contribution is -1.96. The minimum absolute atomic E-state index is 0.193. The molecule has 0 unspecified atom stereocenters. The predicted octanol–water partition coefficient (Wildman–Crippen LogP) is 2.69. The number of rotatable bonds is 3. The minimum Gasteiger partial charge on any atom is -0.478 e. The van der Waals surface area contributed by atoms with Crippen molar-refractivity contribution < 1.29 is 9.90 Å². The van der Waals surface area contributed by atoms with Crippen LogP contribution in [0.15, 0.2) is 36.7 Å². The fourth-order valence-electron chi connectivity index (χ4n) is 1.59. The highest BCUT2D eigenvalue weighted by atomic mass is 16.4. The zero-order valence-corrected chi connectivity index (χ0v) is 9.79. The van der Waals surface area contributed by atoms with Crippen LogP contribution in [-0.2, 0) is 0 Å². The number of benzene rings is 1. The standard InChI is InChI=1S/C13H14N2O2/c1-9(2)10-3-5-12(6-4-10)15-8-11(7-14-15)13(16)17/h3-9H,1-2H3,(H,16,17). The van der Waals surface area contributed by atoms with Crippen molar-refractivity contribution in [3.63, 3.8) is 0 Å². The second-order valence-electron chi connectivity index (χ2n) is 4.22. The molecule has 2 rings (SSSR count). The molecule has 0 amide bonds. The van der Waals surface area contributed by atoms with Gasteiger partial charge in [0.25, 0.3) is 0 Å². The Morgan fingerprint density at radius 1 is 1.29 bits per heavy atom. The summed E-state index contributed by atoms with van der Waals surface area (Å²) in [5.41, 5.74) is 2.30. The van der Waals surface area contributed by atoms with E-state index in [0.717, 1.165) is 5.69 Å². The Labute approximate surface area is 99.5 Å². The fourth-order valence-corrected chi connectivity index (χ4v) is 1.59.